The van der Waals surface area contributed by atoms with Crippen molar-refractivity contribution in [2.75, 3.05) is 5.73 Å². The molecule has 0 aliphatic carbocycles. The normalized spacial score (nSPS) is 11.8. The molecular formula is C13H14F3N3. The van der Waals surface area contributed by atoms with Crippen LogP contribution in [0.5, 0.6) is 0 Å². The van der Waals surface area contributed by atoms with Crippen LogP contribution in [0.25, 0.3) is 11.3 Å². The van der Waals surface area contributed by atoms with Gasteiger partial charge < -0.3 is 10.3 Å². The number of hydrogen-bond donors (Lipinski definition) is 1. The van der Waals surface area contributed by atoms with Crippen LogP contribution in [-0.2, 0) is 12.7 Å². The van der Waals surface area contributed by atoms with E-state index in [0.717, 1.165) is 12.5 Å². The summed E-state index contributed by atoms with van der Waals surface area (Å²) in [4.78, 5) is 4.02. The lowest BCUT2D eigenvalue weighted by molar-refractivity contribution is -0.137. The lowest BCUT2D eigenvalue weighted by Gasteiger charge is -2.12. The number of alkyl halides is 3. The third-order valence-corrected chi connectivity index (χ3v) is 2.83. The summed E-state index contributed by atoms with van der Waals surface area (Å²) in [5.74, 6) is 0.263. The zero-order valence-electron chi connectivity index (χ0n) is 10.4. The molecule has 2 aromatic rings. The summed E-state index contributed by atoms with van der Waals surface area (Å²) in [6, 6.07) is 5.32. The summed E-state index contributed by atoms with van der Waals surface area (Å²) < 4.78 is 40.5. The van der Waals surface area contributed by atoms with Crippen molar-refractivity contribution < 1.29 is 13.2 Å². The third kappa shape index (κ3) is 2.57. The fraction of sp³-hybridized carbons (Fsp3) is 0.308. The molecule has 0 fully saturated rings. The maximum Gasteiger partial charge on any atom is 0.417 e. The van der Waals surface area contributed by atoms with Gasteiger partial charge in [0.05, 0.1) is 11.9 Å². The average Bonchev–Trinajstić information content (AvgIpc) is 2.71. The van der Waals surface area contributed by atoms with Crippen LogP contribution in [0.15, 0.2) is 30.6 Å². The van der Waals surface area contributed by atoms with E-state index >= 15 is 0 Å². The molecule has 0 atom stereocenters. The highest BCUT2D eigenvalue weighted by molar-refractivity contribution is 5.73. The molecule has 0 spiro atoms. The van der Waals surface area contributed by atoms with Crippen molar-refractivity contribution in [1.82, 2.24) is 9.55 Å². The molecule has 1 aromatic heterocycles. The smallest absolute Gasteiger partial charge is 0.383 e. The van der Waals surface area contributed by atoms with Crippen LogP contribution in [0.1, 0.15) is 18.9 Å². The molecule has 2 N–H and O–H groups in total. The van der Waals surface area contributed by atoms with Crippen LogP contribution in [0.3, 0.4) is 0 Å². The summed E-state index contributed by atoms with van der Waals surface area (Å²) in [6.45, 7) is 2.59. The number of hydrogen-bond acceptors (Lipinski definition) is 2. The summed E-state index contributed by atoms with van der Waals surface area (Å²) in [6.07, 6.45) is -2.11. The quantitative estimate of drug-likeness (QED) is 0.925. The Hall–Kier alpha value is -1.98. The molecule has 3 nitrogen and oxygen atoms in total. The van der Waals surface area contributed by atoms with Gasteiger partial charge in [0, 0.05) is 12.1 Å². The molecule has 102 valence electrons. The van der Waals surface area contributed by atoms with E-state index in [1.165, 1.54) is 18.5 Å². The molecule has 0 aliphatic heterocycles. The van der Waals surface area contributed by atoms with Crippen LogP contribution in [0.2, 0.25) is 0 Å². The highest BCUT2D eigenvalue weighted by atomic mass is 19.4. The first-order valence-corrected chi connectivity index (χ1v) is 5.92. The van der Waals surface area contributed by atoms with Gasteiger partial charge in [-0.25, -0.2) is 4.98 Å². The van der Waals surface area contributed by atoms with Gasteiger partial charge in [-0.1, -0.05) is 25.1 Å². The van der Waals surface area contributed by atoms with E-state index in [-0.39, 0.29) is 17.1 Å². The van der Waals surface area contributed by atoms with E-state index < -0.39 is 11.7 Å². The Balaban J connectivity index is 2.54. The minimum Gasteiger partial charge on any atom is -0.383 e. The van der Waals surface area contributed by atoms with Crippen molar-refractivity contribution >= 4 is 5.82 Å². The number of nitrogens with two attached hydrogens (primary N) is 1. The first kappa shape index (κ1) is 13.5. The van der Waals surface area contributed by atoms with E-state index in [1.807, 2.05) is 6.92 Å². The van der Waals surface area contributed by atoms with E-state index in [0.29, 0.717) is 6.54 Å². The first-order valence-electron chi connectivity index (χ1n) is 5.92. The molecule has 0 amide bonds. The van der Waals surface area contributed by atoms with E-state index in [4.69, 9.17) is 5.73 Å². The van der Waals surface area contributed by atoms with Gasteiger partial charge in [-0.3, -0.25) is 0 Å². The Bertz CT molecular complexity index is 573. The van der Waals surface area contributed by atoms with Crippen molar-refractivity contribution in [3.63, 3.8) is 0 Å². The summed E-state index contributed by atoms with van der Waals surface area (Å²) >= 11 is 0. The summed E-state index contributed by atoms with van der Waals surface area (Å²) in [5, 5.41) is 0. The number of nitrogens with zero attached hydrogens (tertiary/aromatic N) is 2. The monoisotopic (exact) mass is 269 g/mol. The third-order valence-electron chi connectivity index (χ3n) is 2.83. The predicted molar refractivity (Wildman–Crippen MR) is 67.4 cm³/mol. The van der Waals surface area contributed by atoms with Crippen molar-refractivity contribution in [2.24, 2.45) is 0 Å². The van der Waals surface area contributed by atoms with Gasteiger partial charge in [-0.05, 0) is 12.5 Å². The second-order valence-corrected chi connectivity index (χ2v) is 4.22. The lowest BCUT2D eigenvalue weighted by atomic mass is 10.0. The fourth-order valence-electron chi connectivity index (χ4n) is 1.96. The van der Waals surface area contributed by atoms with Crippen molar-refractivity contribution in [1.29, 1.82) is 0 Å². The molecule has 0 aliphatic rings. The Morgan fingerprint density at radius 2 is 1.95 bits per heavy atom. The SMILES string of the molecule is CCCn1cnc(-c2ccccc2C(F)(F)F)c1N. The van der Waals surface area contributed by atoms with Gasteiger partial charge >= 0.3 is 6.18 Å². The van der Waals surface area contributed by atoms with E-state index in [1.54, 1.807) is 10.6 Å². The first-order chi connectivity index (χ1) is 8.95. The van der Waals surface area contributed by atoms with Crippen LogP contribution >= 0.6 is 0 Å². The Kier molecular flexibility index (Phi) is 3.50. The standard InChI is InChI=1S/C13H14F3N3/c1-2-7-19-8-18-11(12(19)17)9-5-3-4-6-10(9)13(14,15)16/h3-6,8H,2,7,17H2,1H3. The number of imidazole rings is 1. The Morgan fingerprint density at radius 1 is 1.26 bits per heavy atom. The predicted octanol–water partition coefficient (Wildman–Crippen LogP) is 3.56. The molecule has 2 rings (SSSR count). The molecule has 6 heteroatoms. The number of aryl methyl sites for hydroxylation is 1. The molecule has 0 bridgehead atoms. The van der Waals surface area contributed by atoms with Crippen LogP contribution in [0, 0.1) is 0 Å². The van der Waals surface area contributed by atoms with E-state index in [2.05, 4.69) is 4.98 Å². The molecule has 1 heterocycles. The fourth-order valence-corrected chi connectivity index (χ4v) is 1.96. The van der Waals surface area contributed by atoms with Crippen molar-refractivity contribution in [3.8, 4) is 11.3 Å². The zero-order valence-corrected chi connectivity index (χ0v) is 10.4. The van der Waals surface area contributed by atoms with Crippen LogP contribution in [0.4, 0.5) is 19.0 Å². The second-order valence-electron chi connectivity index (χ2n) is 4.22. The van der Waals surface area contributed by atoms with E-state index in [9.17, 15) is 13.2 Å². The molecular weight excluding hydrogens is 255 g/mol. The zero-order chi connectivity index (χ0) is 14.0. The molecule has 0 saturated carbocycles. The number of rotatable bonds is 3. The van der Waals surface area contributed by atoms with Crippen molar-refractivity contribution in [2.45, 2.75) is 26.1 Å². The van der Waals surface area contributed by atoms with Gasteiger partial charge in [0.25, 0.3) is 0 Å². The van der Waals surface area contributed by atoms with Gasteiger partial charge in [-0.2, -0.15) is 13.2 Å². The average molecular weight is 269 g/mol. The van der Waals surface area contributed by atoms with Crippen LogP contribution < -0.4 is 5.73 Å². The molecule has 0 radical (unpaired) electrons. The number of anilines is 1. The Morgan fingerprint density at radius 3 is 2.58 bits per heavy atom. The van der Waals surface area contributed by atoms with Gasteiger partial charge in [0.1, 0.15) is 11.5 Å². The second kappa shape index (κ2) is 4.95. The molecule has 0 unspecified atom stereocenters. The highest BCUT2D eigenvalue weighted by Crippen LogP contribution is 2.38. The maximum atomic E-state index is 12.9. The van der Waals surface area contributed by atoms with Gasteiger partial charge in [-0.15, -0.1) is 0 Å². The molecule has 1 aromatic carbocycles. The topological polar surface area (TPSA) is 43.8 Å². The van der Waals surface area contributed by atoms with Gasteiger partial charge in [0.2, 0.25) is 0 Å². The summed E-state index contributed by atoms with van der Waals surface area (Å²) in [5.41, 5.74) is 5.35. The molecule has 19 heavy (non-hydrogen) atoms. The minimum atomic E-state index is -4.42. The Labute approximate surface area is 108 Å². The highest BCUT2D eigenvalue weighted by Gasteiger charge is 2.34. The maximum absolute atomic E-state index is 12.9. The minimum absolute atomic E-state index is 0.0161. The van der Waals surface area contributed by atoms with Gasteiger partial charge in [0.15, 0.2) is 0 Å². The largest absolute Gasteiger partial charge is 0.417 e. The van der Waals surface area contributed by atoms with Crippen LogP contribution in [-0.4, -0.2) is 9.55 Å². The summed E-state index contributed by atoms with van der Waals surface area (Å²) in [7, 11) is 0. The molecule has 0 saturated heterocycles. The van der Waals surface area contributed by atoms with Crippen molar-refractivity contribution in [3.05, 3.63) is 36.2 Å². The number of benzene rings is 1. The number of aromatic nitrogens is 2. The lowest BCUT2D eigenvalue weighted by Crippen LogP contribution is -2.08. The number of halogens is 3. The number of nitrogen functional groups attached to an aromatic ring is 1.